The maximum atomic E-state index is 2.41. The second-order valence-corrected chi connectivity index (χ2v) is 11.4. The van der Waals surface area contributed by atoms with Crippen molar-refractivity contribution in [3.05, 3.63) is 158 Å². The van der Waals surface area contributed by atoms with Crippen molar-refractivity contribution in [3.63, 3.8) is 0 Å². The summed E-state index contributed by atoms with van der Waals surface area (Å²) in [5.41, 5.74) is 5.09. The van der Waals surface area contributed by atoms with Gasteiger partial charge in [-0.3, -0.25) is 0 Å². The summed E-state index contributed by atoms with van der Waals surface area (Å²) in [7, 11) is 0. The Bertz CT molecular complexity index is 2240. The van der Waals surface area contributed by atoms with Crippen molar-refractivity contribution in [1.82, 2.24) is 0 Å². The molecule has 0 atom stereocenters. The molecule has 9 aromatic carbocycles. The zero-order valence-corrected chi connectivity index (χ0v) is 23.0. The molecule has 0 saturated heterocycles. The van der Waals surface area contributed by atoms with Crippen molar-refractivity contribution in [2.45, 2.75) is 0 Å². The fraction of sp³-hybridized carbons (Fsp3) is 0. The Balaban J connectivity index is 1.52. The highest BCUT2D eigenvalue weighted by Crippen LogP contribution is 2.46. The molecule has 0 heterocycles. The van der Waals surface area contributed by atoms with E-state index in [1.807, 2.05) is 0 Å². The molecule has 0 nitrogen and oxygen atoms in total. The number of hydrogen-bond donors (Lipinski definition) is 0. The molecule has 0 aromatic heterocycles. The first-order valence-corrected chi connectivity index (χ1v) is 14.6. The average Bonchev–Trinajstić information content (AvgIpc) is 3.05. The van der Waals surface area contributed by atoms with Gasteiger partial charge in [-0.25, -0.2) is 0 Å². The first-order valence-electron chi connectivity index (χ1n) is 14.6. The predicted octanol–water partition coefficient (Wildman–Crippen LogP) is 11.9. The molecule has 42 heavy (non-hydrogen) atoms. The van der Waals surface area contributed by atoms with Gasteiger partial charge in [0.2, 0.25) is 0 Å². The van der Waals surface area contributed by atoms with Crippen LogP contribution in [0.15, 0.2) is 158 Å². The van der Waals surface area contributed by atoms with Crippen molar-refractivity contribution in [1.29, 1.82) is 0 Å². The van der Waals surface area contributed by atoms with E-state index in [-0.39, 0.29) is 0 Å². The van der Waals surface area contributed by atoms with Crippen LogP contribution in [0.4, 0.5) is 0 Å². The van der Waals surface area contributed by atoms with E-state index >= 15 is 0 Å². The maximum absolute atomic E-state index is 2.41. The van der Waals surface area contributed by atoms with Crippen LogP contribution in [0.1, 0.15) is 0 Å². The lowest BCUT2D eigenvalue weighted by Gasteiger charge is -2.20. The van der Waals surface area contributed by atoms with E-state index in [1.54, 1.807) is 0 Å². The van der Waals surface area contributed by atoms with Gasteiger partial charge in [0, 0.05) is 0 Å². The Morgan fingerprint density at radius 1 is 0.214 bits per heavy atom. The molecule has 0 aliphatic heterocycles. The second kappa shape index (κ2) is 9.03. The first-order chi connectivity index (χ1) is 20.8. The Morgan fingerprint density at radius 2 is 0.476 bits per heavy atom. The third-order valence-corrected chi connectivity index (χ3v) is 8.93. The van der Waals surface area contributed by atoms with Gasteiger partial charge in [-0.2, -0.15) is 0 Å². The number of rotatable bonds is 2. The highest BCUT2D eigenvalue weighted by atomic mass is 14.2. The van der Waals surface area contributed by atoms with Crippen molar-refractivity contribution in [2.24, 2.45) is 0 Å². The molecule has 0 radical (unpaired) electrons. The summed E-state index contributed by atoms with van der Waals surface area (Å²) in [4.78, 5) is 0. The first kappa shape index (κ1) is 23.3. The van der Waals surface area contributed by atoms with E-state index in [1.165, 1.54) is 86.9 Å². The third kappa shape index (κ3) is 3.56. The lowest BCUT2D eigenvalue weighted by atomic mass is 9.83. The van der Waals surface area contributed by atoms with E-state index in [9.17, 15) is 0 Å². The molecule has 0 fully saturated rings. The van der Waals surface area contributed by atoms with Crippen LogP contribution in [0.2, 0.25) is 0 Å². The zero-order chi connectivity index (χ0) is 27.6. The smallest absolute Gasteiger partial charge is 0.00257 e. The minimum absolute atomic E-state index is 1.25. The second-order valence-electron chi connectivity index (χ2n) is 11.4. The van der Waals surface area contributed by atoms with Gasteiger partial charge in [-0.05, 0) is 123 Å². The van der Waals surface area contributed by atoms with E-state index in [4.69, 9.17) is 0 Å². The molecular formula is C42H26. The van der Waals surface area contributed by atoms with Crippen molar-refractivity contribution in [2.75, 3.05) is 0 Å². The van der Waals surface area contributed by atoms with Crippen LogP contribution in [-0.2, 0) is 0 Å². The quantitative estimate of drug-likeness (QED) is 0.195. The van der Waals surface area contributed by atoms with Gasteiger partial charge < -0.3 is 0 Å². The summed E-state index contributed by atoms with van der Waals surface area (Å²) in [5, 5.41) is 15.2. The highest BCUT2D eigenvalue weighted by molar-refractivity contribution is 6.26. The Hall–Kier alpha value is -5.46. The van der Waals surface area contributed by atoms with E-state index in [0.717, 1.165) is 0 Å². The van der Waals surface area contributed by atoms with Gasteiger partial charge in [-0.15, -0.1) is 0 Å². The summed E-state index contributed by atoms with van der Waals surface area (Å²) in [5.74, 6) is 0. The van der Waals surface area contributed by atoms with Crippen LogP contribution in [0, 0.1) is 0 Å². The van der Waals surface area contributed by atoms with Gasteiger partial charge in [0.1, 0.15) is 0 Å². The molecule has 0 heteroatoms. The molecule has 0 saturated carbocycles. The maximum Gasteiger partial charge on any atom is -0.00257 e. The predicted molar refractivity (Wildman–Crippen MR) is 182 cm³/mol. The normalized spacial score (nSPS) is 11.8. The molecule has 9 aromatic rings. The molecule has 0 unspecified atom stereocenters. The minimum Gasteiger partial charge on any atom is -0.0616 e. The average molecular weight is 531 g/mol. The topological polar surface area (TPSA) is 0 Å². The highest BCUT2D eigenvalue weighted by Gasteiger charge is 2.19. The molecule has 0 N–H and O–H groups in total. The molecular weight excluding hydrogens is 504 g/mol. The van der Waals surface area contributed by atoms with E-state index < -0.39 is 0 Å². The fourth-order valence-corrected chi connectivity index (χ4v) is 6.91. The molecule has 0 spiro atoms. The lowest BCUT2D eigenvalue weighted by Crippen LogP contribution is -1.92. The summed E-state index contributed by atoms with van der Waals surface area (Å²) >= 11 is 0. The van der Waals surface area contributed by atoms with Gasteiger partial charge in [-0.1, -0.05) is 121 Å². The van der Waals surface area contributed by atoms with Crippen LogP contribution < -0.4 is 0 Å². The summed E-state index contributed by atoms with van der Waals surface area (Å²) < 4.78 is 0. The lowest BCUT2D eigenvalue weighted by molar-refractivity contribution is 1.69. The van der Waals surface area contributed by atoms with Gasteiger partial charge in [0.25, 0.3) is 0 Å². The van der Waals surface area contributed by atoms with Crippen LogP contribution in [0.5, 0.6) is 0 Å². The molecule has 0 aliphatic carbocycles. The molecule has 0 amide bonds. The SMILES string of the molecule is c1ccc2cc(-c3c4cc5ccccc5cc4c(-c4ccc5ccccc5c4)c4cc5ccccc5cc34)ccc2c1. The van der Waals surface area contributed by atoms with Crippen LogP contribution in [-0.4, -0.2) is 0 Å². The van der Waals surface area contributed by atoms with Crippen molar-refractivity contribution in [3.8, 4) is 22.3 Å². The standard InChI is InChI=1S/C42H26/c1-3-11-29-21-35(19-17-27(29)9-1)41-37-23-31-13-5-7-15-33(31)25-39(37)42(36-20-18-28-10-2-4-12-30(28)22-36)40-26-34-16-8-6-14-32(34)24-38(40)41/h1-26H. The summed E-state index contributed by atoms with van der Waals surface area (Å²) in [6, 6.07) is 58.3. The molecule has 9 rings (SSSR count). The van der Waals surface area contributed by atoms with E-state index in [0.29, 0.717) is 0 Å². The van der Waals surface area contributed by atoms with Crippen LogP contribution in [0.25, 0.3) is 86.9 Å². The van der Waals surface area contributed by atoms with Crippen LogP contribution >= 0.6 is 0 Å². The monoisotopic (exact) mass is 530 g/mol. The molecule has 194 valence electrons. The largest absolute Gasteiger partial charge is 0.0616 e. The number of hydrogen-bond acceptors (Lipinski definition) is 0. The third-order valence-electron chi connectivity index (χ3n) is 8.93. The zero-order valence-electron chi connectivity index (χ0n) is 23.0. The van der Waals surface area contributed by atoms with Gasteiger partial charge in [0.15, 0.2) is 0 Å². The molecule has 0 bridgehead atoms. The number of benzene rings is 9. The number of fused-ring (bicyclic) bond motifs is 6. The van der Waals surface area contributed by atoms with Crippen LogP contribution in [0.3, 0.4) is 0 Å². The fourth-order valence-electron chi connectivity index (χ4n) is 6.91. The molecule has 0 aliphatic rings. The minimum atomic E-state index is 1.25. The summed E-state index contributed by atoms with van der Waals surface area (Å²) in [6.07, 6.45) is 0. The Labute approximate surface area is 244 Å². The Morgan fingerprint density at radius 3 is 0.786 bits per heavy atom. The van der Waals surface area contributed by atoms with Gasteiger partial charge >= 0.3 is 0 Å². The summed E-state index contributed by atoms with van der Waals surface area (Å²) in [6.45, 7) is 0. The van der Waals surface area contributed by atoms with Crippen molar-refractivity contribution < 1.29 is 0 Å². The van der Waals surface area contributed by atoms with E-state index in [2.05, 4.69) is 158 Å². The Kier molecular flexibility index (Phi) is 5.00. The van der Waals surface area contributed by atoms with Crippen molar-refractivity contribution >= 4 is 64.6 Å². The van der Waals surface area contributed by atoms with Gasteiger partial charge in [0.05, 0.1) is 0 Å².